The molecule has 1 fully saturated rings. The summed E-state index contributed by atoms with van der Waals surface area (Å²) < 4.78 is 0. The van der Waals surface area contributed by atoms with Crippen LogP contribution < -0.4 is 10.6 Å². The van der Waals surface area contributed by atoms with Crippen LogP contribution in [0.1, 0.15) is 31.7 Å². The van der Waals surface area contributed by atoms with Crippen molar-refractivity contribution < 1.29 is 4.79 Å². The summed E-state index contributed by atoms with van der Waals surface area (Å²) in [6, 6.07) is 10.3. The third-order valence-corrected chi connectivity index (χ3v) is 3.19. The van der Waals surface area contributed by atoms with Gasteiger partial charge in [0.25, 0.3) is 0 Å². The second kappa shape index (κ2) is 5.71. The molecular formula is C14H20N2O. The first-order valence-electron chi connectivity index (χ1n) is 6.38. The fraction of sp³-hybridized carbons (Fsp3) is 0.500. The summed E-state index contributed by atoms with van der Waals surface area (Å²) in [6.45, 7) is 2.78. The molecule has 17 heavy (non-hydrogen) atoms. The Hall–Kier alpha value is -1.51. The van der Waals surface area contributed by atoms with Gasteiger partial charge in [0.15, 0.2) is 0 Å². The van der Waals surface area contributed by atoms with Crippen molar-refractivity contribution in [1.82, 2.24) is 10.6 Å². The van der Waals surface area contributed by atoms with E-state index >= 15 is 0 Å². The van der Waals surface area contributed by atoms with E-state index in [9.17, 15) is 4.79 Å². The molecule has 1 aliphatic carbocycles. The lowest BCUT2D eigenvalue weighted by molar-refractivity contribution is 0.239. The van der Waals surface area contributed by atoms with Crippen molar-refractivity contribution in [2.45, 2.75) is 38.8 Å². The predicted molar refractivity (Wildman–Crippen MR) is 68.6 cm³/mol. The van der Waals surface area contributed by atoms with Crippen LogP contribution in [0.25, 0.3) is 0 Å². The predicted octanol–water partition coefficient (Wildman–Crippen LogP) is 2.67. The first kappa shape index (κ1) is 12.0. The molecular weight excluding hydrogens is 212 g/mol. The SMILES string of the molecule is CCCC1CC1NC(=O)NCc1ccccc1. The van der Waals surface area contributed by atoms with Gasteiger partial charge < -0.3 is 10.6 Å². The zero-order valence-electron chi connectivity index (χ0n) is 10.3. The molecule has 92 valence electrons. The van der Waals surface area contributed by atoms with E-state index in [0.717, 1.165) is 12.0 Å². The minimum Gasteiger partial charge on any atom is -0.335 e. The second-order valence-electron chi connectivity index (χ2n) is 4.70. The third-order valence-electron chi connectivity index (χ3n) is 3.19. The van der Waals surface area contributed by atoms with E-state index in [2.05, 4.69) is 17.6 Å². The first-order valence-corrected chi connectivity index (χ1v) is 6.38. The Kier molecular flexibility index (Phi) is 4.02. The molecule has 3 heteroatoms. The maximum absolute atomic E-state index is 11.6. The molecule has 2 atom stereocenters. The van der Waals surface area contributed by atoms with E-state index in [0.29, 0.717) is 18.5 Å². The number of amides is 2. The van der Waals surface area contributed by atoms with Gasteiger partial charge in [-0.2, -0.15) is 0 Å². The molecule has 1 saturated carbocycles. The Balaban J connectivity index is 1.65. The van der Waals surface area contributed by atoms with Crippen LogP contribution >= 0.6 is 0 Å². The van der Waals surface area contributed by atoms with Crippen LogP contribution in [-0.2, 0) is 6.54 Å². The van der Waals surface area contributed by atoms with Crippen molar-refractivity contribution in [3.63, 3.8) is 0 Å². The van der Waals surface area contributed by atoms with Crippen molar-refractivity contribution in [3.05, 3.63) is 35.9 Å². The lowest BCUT2D eigenvalue weighted by Crippen LogP contribution is -2.37. The van der Waals surface area contributed by atoms with E-state index < -0.39 is 0 Å². The van der Waals surface area contributed by atoms with E-state index in [-0.39, 0.29) is 6.03 Å². The first-order chi connectivity index (χ1) is 8.29. The Morgan fingerprint density at radius 3 is 2.82 bits per heavy atom. The second-order valence-corrected chi connectivity index (χ2v) is 4.70. The van der Waals surface area contributed by atoms with Gasteiger partial charge in [0.1, 0.15) is 0 Å². The molecule has 0 aromatic heterocycles. The summed E-state index contributed by atoms with van der Waals surface area (Å²) in [5.74, 6) is 0.711. The quantitative estimate of drug-likeness (QED) is 0.805. The minimum atomic E-state index is -0.0440. The molecule has 2 N–H and O–H groups in total. The average molecular weight is 232 g/mol. The molecule has 2 unspecified atom stereocenters. The number of rotatable bonds is 5. The summed E-state index contributed by atoms with van der Waals surface area (Å²) >= 11 is 0. The Labute approximate surface area is 103 Å². The molecule has 3 nitrogen and oxygen atoms in total. The highest BCUT2D eigenvalue weighted by Gasteiger charge is 2.36. The summed E-state index contributed by atoms with van der Waals surface area (Å²) in [5.41, 5.74) is 1.13. The summed E-state index contributed by atoms with van der Waals surface area (Å²) in [5, 5.41) is 5.89. The maximum atomic E-state index is 11.6. The van der Waals surface area contributed by atoms with Gasteiger partial charge in [-0.25, -0.2) is 4.79 Å². The van der Waals surface area contributed by atoms with Gasteiger partial charge in [-0.15, -0.1) is 0 Å². The Morgan fingerprint density at radius 1 is 1.35 bits per heavy atom. The van der Waals surface area contributed by atoms with Crippen molar-refractivity contribution in [1.29, 1.82) is 0 Å². The maximum Gasteiger partial charge on any atom is 0.315 e. The molecule has 1 aliphatic rings. The third kappa shape index (κ3) is 3.77. The highest BCUT2D eigenvalue weighted by Crippen LogP contribution is 2.34. The fourth-order valence-corrected chi connectivity index (χ4v) is 2.11. The molecule has 2 rings (SSSR count). The summed E-state index contributed by atoms with van der Waals surface area (Å²) in [6.07, 6.45) is 3.57. The van der Waals surface area contributed by atoms with E-state index in [1.54, 1.807) is 0 Å². The number of benzene rings is 1. The standard InChI is InChI=1S/C14H20N2O/c1-2-6-12-9-13(12)16-14(17)15-10-11-7-4-3-5-8-11/h3-5,7-8,12-13H,2,6,9-10H2,1H3,(H2,15,16,17). The van der Waals surface area contributed by atoms with Crippen molar-refractivity contribution in [2.24, 2.45) is 5.92 Å². The zero-order chi connectivity index (χ0) is 12.1. The zero-order valence-corrected chi connectivity index (χ0v) is 10.3. The van der Waals surface area contributed by atoms with Crippen molar-refractivity contribution in [2.75, 3.05) is 0 Å². The van der Waals surface area contributed by atoms with Crippen molar-refractivity contribution in [3.8, 4) is 0 Å². The van der Waals surface area contributed by atoms with Crippen LogP contribution in [0.15, 0.2) is 30.3 Å². The largest absolute Gasteiger partial charge is 0.335 e. The number of urea groups is 1. The van der Waals surface area contributed by atoms with Gasteiger partial charge in [0.05, 0.1) is 0 Å². The lowest BCUT2D eigenvalue weighted by atomic mass is 10.2. The lowest BCUT2D eigenvalue weighted by Gasteiger charge is -2.07. The summed E-state index contributed by atoms with van der Waals surface area (Å²) in [7, 11) is 0. The van der Waals surface area contributed by atoms with Crippen LogP contribution in [-0.4, -0.2) is 12.1 Å². The van der Waals surface area contributed by atoms with E-state index in [1.165, 1.54) is 12.8 Å². The van der Waals surface area contributed by atoms with Gasteiger partial charge in [-0.3, -0.25) is 0 Å². The van der Waals surface area contributed by atoms with Crippen LogP contribution in [0.4, 0.5) is 4.79 Å². The minimum absolute atomic E-state index is 0.0440. The number of nitrogens with one attached hydrogen (secondary N) is 2. The summed E-state index contributed by atoms with van der Waals surface area (Å²) in [4.78, 5) is 11.6. The van der Waals surface area contributed by atoms with Gasteiger partial charge in [0, 0.05) is 12.6 Å². The monoisotopic (exact) mass is 232 g/mol. The molecule has 0 radical (unpaired) electrons. The Bertz CT molecular complexity index is 364. The molecule has 0 bridgehead atoms. The smallest absolute Gasteiger partial charge is 0.315 e. The molecule has 1 aromatic rings. The highest BCUT2D eigenvalue weighted by molar-refractivity contribution is 5.74. The van der Waals surface area contributed by atoms with Gasteiger partial charge in [-0.05, 0) is 24.3 Å². The van der Waals surface area contributed by atoms with Crippen LogP contribution in [0.3, 0.4) is 0 Å². The molecule has 0 aliphatic heterocycles. The highest BCUT2D eigenvalue weighted by atomic mass is 16.2. The number of carbonyl (C=O) groups excluding carboxylic acids is 1. The van der Waals surface area contributed by atoms with Crippen LogP contribution in [0, 0.1) is 5.92 Å². The molecule has 0 saturated heterocycles. The topological polar surface area (TPSA) is 41.1 Å². The van der Waals surface area contributed by atoms with Crippen LogP contribution in [0.5, 0.6) is 0 Å². The van der Waals surface area contributed by atoms with Gasteiger partial charge in [0.2, 0.25) is 0 Å². The van der Waals surface area contributed by atoms with Crippen LogP contribution in [0.2, 0.25) is 0 Å². The molecule has 0 spiro atoms. The van der Waals surface area contributed by atoms with Gasteiger partial charge in [-0.1, -0.05) is 43.7 Å². The normalized spacial score (nSPS) is 21.9. The molecule has 0 heterocycles. The average Bonchev–Trinajstić information content (AvgIpc) is 3.06. The number of carbonyl (C=O) groups is 1. The molecule has 1 aromatic carbocycles. The van der Waals surface area contributed by atoms with Gasteiger partial charge >= 0.3 is 6.03 Å². The molecule has 2 amide bonds. The van der Waals surface area contributed by atoms with E-state index in [1.807, 2.05) is 30.3 Å². The fourth-order valence-electron chi connectivity index (χ4n) is 2.11. The number of hydrogen-bond donors (Lipinski definition) is 2. The van der Waals surface area contributed by atoms with Crippen molar-refractivity contribution >= 4 is 6.03 Å². The number of hydrogen-bond acceptors (Lipinski definition) is 1. The Morgan fingerprint density at radius 2 is 2.12 bits per heavy atom. The van der Waals surface area contributed by atoms with E-state index in [4.69, 9.17) is 0 Å².